The van der Waals surface area contributed by atoms with E-state index < -0.39 is 15.8 Å². The lowest BCUT2D eigenvalue weighted by atomic mass is 9.87. The Balaban J connectivity index is 1.50. The summed E-state index contributed by atoms with van der Waals surface area (Å²) in [4.78, 5) is 22.0. The van der Waals surface area contributed by atoms with Gasteiger partial charge in [0.2, 0.25) is 5.91 Å². The standard InChI is InChI=1S/C23H28ClN3O5S/c1-33(29,30)20-7-6-16(11-19(20)24)18(10-15-4-2-3-5-15)23(28)27-21-14-25-17(13-26-21)12-22-31-8-9-32-22/h6-7,11,13-15,18,22H,2-5,8-10,12H2,1H3,(H,26,27,28). The monoisotopic (exact) mass is 493 g/mol. The molecule has 1 amide bonds. The van der Waals surface area contributed by atoms with E-state index in [-0.39, 0.29) is 22.1 Å². The highest BCUT2D eigenvalue weighted by molar-refractivity contribution is 7.90. The van der Waals surface area contributed by atoms with Crippen LogP contribution in [0, 0.1) is 5.92 Å². The number of nitrogens with one attached hydrogen (secondary N) is 1. The summed E-state index contributed by atoms with van der Waals surface area (Å²) in [5, 5.41) is 2.99. The van der Waals surface area contributed by atoms with Crippen molar-refractivity contribution in [1.82, 2.24) is 9.97 Å². The number of hydrogen-bond donors (Lipinski definition) is 1. The molecule has 0 spiro atoms. The average Bonchev–Trinajstić information content (AvgIpc) is 3.46. The second kappa shape index (κ2) is 10.5. The zero-order valence-electron chi connectivity index (χ0n) is 18.5. The molecule has 1 saturated heterocycles. The number of amides is 1. The van der Waals surface area contributed by atoms with Gasteiger partial charge in [0.25, 0.3) is 0 Å². The second-order valence-corrected chi connectivity index (χ2v) is 11.0. The predicted octanol–water partition coefficient (Wildman–Crippen LogP) is 3.75. The van der Waals surface area contributed by atoms with Crippen molar-refractivity contribution >= 4 is 33.2 Å². The fourth-order valence-electron chi connectivity index (χ4n) is 4.44. The Hall–Kier alpha value is -2.07. The van der Waals surface area contributed by atoms with Crippen molar-refractivity contribution < 1.29 is 22.7 Å². The molecule has 1 saturated carbocycles. The van der Waals surface area contributed by atoms with E-state index in [9.17, 15) is 13.2 Å². The molecule has 1 N–H and O–H groups in total. The molecule has 10 heteroatoms. The van der Waals surface area contributed by atoms with E-state index in [4.69, 9.17) is 21.1 Å². The number of nitrogens with zero attached hydrogens (tertiary/aromatic N) is 2. The van der Waals surface area contributed by atoms with Gasteiger partial charge in [-0.15, -0.1) is 0 Å². The highest BCUT2D eigenvalue weighted by Gasteiger charge is 2.28. The molecule has 4 rings (SSSR count). The summed E-state index contributed by atoms with van der Waals surface area (Å²) in [6.07, 6.45) is 9.58. The summed E-state index contributed by atoms with van der Waals surface area (Å²) in [6, 6.07) is 4.75. The molecule has 1 atom stereocenters. The molecule has 178 valence electrons. The van der Waals surface area contributed by atoms with E-state index in [1.165, 1.54) is 12.3 Å². The molecule has 1 aliphatic carbocycles. The van der Waals surface area contributed by atoms with Crippen LogP contribution in [0.25, 0.3) is 0 Å². The van der Waals surface area contributed by atoms with Gasteiger partial charge in [0.05, 0.1) is 47.1 Å². The second-order valence-electron chi connectivity index (χ2n) is 8.66. The molecule has 1 unspecified atom stereocenters. The van der Waals surface area contributed by atoms with Crippen LogP contribution in [-0.4, -0.2) is 50.1 Å². The summed E-state index contributed by atoms with van der Waals surface area (Å²) in [6.45, 7) is 1.15. The summed E-state index contributed by atoms with van der Waals surface area (Å²) >= 11 is 6.27. The Kier molecular flexibility index (Phi) is 7.63. The third-order valence-corrected chi connectivity index (χ3v) is 7.72. The summed E-state index contributed by atoms with van der Waals surface area (Å²) < 4.78 is 34.7. The third-order valence-electron chi connectivity index (χ3n) is 6.14. The SMILES string of the molecule is CS(=O)(=O)c1ccc(C(CC2CCCC2)C(=O)Nc2cnc(CC3OCCO3)cn2)cc1Cl. The van der Waals surface area contributed by atoms with Gasteiger partial charge in [0.15, 0.2) is 21.9 Å². The number of ether oxygens (including phenoxy) is 2. The first-order chi connectivity index (χ1) is 15.8. The first-order valence-electron chi connectivity index (χ1n) is 11.1. The van der Waals surface area contributed by atoms with Crippen LogP contribution in [-0.2, 0) is 30.5 Å². The maximum absolute atomic E-state index is 13.3. The molecule has 0 radical (unpaired) electrons. The summed E-state index contributed by atoms with van der Waals surface area (Å²) in [7, 11) is -3.45. The van der Waals surface area contributed by atoms with Crippen molar-refractivity contribution in [3.63, 3.8) is 0 Å². The lowest BCUT2D eigenvalue weighted by Crippen LogP contribution is -2.24. The highest BCUT2D eigenvalue weighted by atomic mass is 35.5. The maximum atomic E-state index is 13.3. The molecular weight excluding hydrogens is 466 g/mol. The van der Waals surface area contributed by atoms with Crippen LogP contribution in [0.2, 0.25) is 5.02 Å². The molecule has 2 fully saturated rings. The molecular formula is C23H28ClN3O5S. The van der Waals surface area contributed by atoms with Crippen LogP contribution in [0.4, 0.5) is 5.82 Å². The van der Waals surface area contributed by atoms with Gasteiger partial charge in [0, 0.05) is 12.7 Å². The van der Waals surface area contributed by atoms with Crippen LogP contribution in [0.5, 0.6) is 0 Å². The molecule has 1 aromatic heterocycles. The molecule has 8 nitrogen and oxygen atoms in total. The largest absolute Gasteiger partial charge is 0.350 e. The van der Waals surface area contributed by atoms with Gasteiger partial charge in [-0.1, -0.05) is 43.4 Å². The first kappa shape index (κ1) is 24.1. The fourth-order valence-corrected chi connectivity index (χ4v) is 5.78. The van der Waals surface area contributed by atoms with Crippen molar-refractivity contribution in [1.29, 1.82) is 0 Å². The zero-order chi connectivity index (χ0) is 23.4. The number of carbonyl (C=O) groups is 1. The van der Waals surface area contributed by atoms with Crippen molar-refractivity contribution in [2.45, 2.75) is 55.6 Å². The normalized spacial score (nSPS) is 18.5. The average molecular weight is 494 g/mol. The van der Waals surface area contributed by atoms with E-state index in [2.05, 4.69) is 15.3 Å². The van der Waals surface area contributed by atoms with Crippen molar-refractivity contribution in [2.75, 3.05) is 24.8 Å². The van der Waals surface area contributed by atoms with E-state index in [0.717, 1.165) is 31.9 Å². The minimum absolute atomic E-state index is 0.0598. The number of halogens is 1. The number of aromatic nitrogens is 2. The van der Waals surface area contributed by atoms with Crippen LogP contribution < -0.4 is 5.32 Å². The van der Waals surface area contributed by atoms with Crippen molar-refractivity contribution in [3.8, 4) is 0 Å². The molecule has 2 aliphatic rings. The van der Waals surface area contributed by atoms with Gasteiger partial charge in [-0.05, 0) is 30.0 Å². The number of rotatable bonds is 8. The Morgan fingerprint density at radius 3 is 2.52 bits per heavy atom. The van der Waals surface area contributed by atoms with Gasteiger partial charge < -0.3 is 14.8 Å². The fraction of sp³-hybridized carbons (Fsp3) is 0.522. The van der Waals surface area contributed by atoms with Gasteiger partial charge in [-0.2, -0.15) is 0 Å². The first-order valence-corrected chi connectivity index (χ1v) is 13.4. The predicted molar refractivity (Wildman–Crippen MR) is 124 cm³/mol. The number of sulfone groups is 1. The zero-order valence-corrected chi connectivity index (χ0v) is 20.1. The van der Waals surface area contributed by atoms with Gasteiger partial charge in [0.1, 0.15) is 0 Å². The third kappa shape index (κ3) is 6.29. The quantitative estimate of drug-likeness (QED) is 0.596. The van der Waals surface area contributed by atoms with Crippen LogP contribution >= 0.6 is 11.6 Å². The number of anilines is 1. The van der Waals surface area contributed by atoms with E-state index >= 15 is 0 Å². The topological polar surface area (TPSA) is 107 Å². The summed E-state index contributed by atoms with van der Waals surface area (Å²) in [5.41, 5.74) is 1.41. The lowest BCUT2D eigenvalue weighted by Gasteiger charge is -2.21. The smallest absolute Gasteiger partial charge is 0.233 e. The lowest BCUT2D eigenvalue weighted by molar-refractivity contribution is -0.118. The van der Waals surface area contributed by atoms with Gasteiger partial charge in [-0.3, -0.25) is 9.78 Å². The minimum atomic E-state index is -3.45. The van der Waals surface area contributed by atoms with Crippen molar-refractivity contribution in [3.05, 3.63) is 46.9 Å². The molecule has 1 aliphatic heterocycles. The molecule has 1 aromatic carbocycles. The van der Waals surface area contributed by atoms with E-state index in [0.29, 0.717) is 49.0 Å². The van der Waals surface area contributed by atoms with Gasteiger partial charge >= 0.3 is 0 Å². The maximum Gasteiger partial charge on any atom is 0.233 e. The Labute approximate surface area is 199 Å². The molecule has 0 bridgehead atoms. The minimum Gasteiger partial charge on any atom is -0.350 e. The van der Waals surface area contributed by atoms with E-state index in [1.54, 1.807) is 18.3 Å². The summed E-state index contributed by atoms with van der Waals surface area (Å²) in [5.74, 6) is 0.108. The highest BCUT2D eigenvalue weighted by Crippen LogP contribution is 2.36. The molecule has 2 aromatic rings. The van der Waals surface area contributed by atoms with Crippen molar-refractivity contribution in [2.24, 2.45) is 5.92 Å². The van der Waals surface area contributed by atoms with Gasteiger partial charge in [-0.25, -0.2) is 13.4 Å². The Bertz CT molecular complexity index is 1080. The van der Waals surface area contributed by atoms with Crippen LogP contribution in [0.3, 0.4) is 0 Å². The van der Waals surface area contributed by atoms with Crippen LogP contribution in [0.1, 0.15) is 49.3 Å². The van der Waals surface area contributed by atoms with Crippen LogP contribution in [0.15, 0.2) is 35.5 Å². The number of carbonyl (C=O) groups excluding carboxylic acids is 1. The Morgan fingerprint density at radius 2 is 1.91 bits per heavy atom. The van der Waals surface area contributed by atoms with E-state index in [1.807, 2.05) is 0 Å². The Morgan fingerprint density at radius 1 is 1.18 bits per heavy atom. The molecule has 33 heavy (non-hydrogen) atoms. The molecule has 2 heterocycles. The number of hydrogen-bond acceptors (Lipinski definition) is 7. The number of benzene rings is 1.